The van der Waals surface area contributed by atoms with Crippen molar-refractivity contribution in [1.29, 1.82) is 0 Å². The molecule has 1 N–H and O–H groups in total. The maximum atomic E-state index is 12.2. The number of aryl methyl sites for hydroxylation is 1. The van der Waals surface area contributed by atoms with E-state index in [1.807, 2.05) is 39.0 Å². The summed E-state index contributed by atoms with van der Waals surface area (Å²) in [6, 6.07) is 5.94. The number of benzene rings is 1. The molecule has 3 rings (SSSR count). The number of nitrogens with zero attached hydrogens (tertiary/aromatic N) is 1. The topological polar surface area (TPSA) is 152 Å². The summed E-state index contributed by atoms with van der Waals surface area (Å²) in [7, 11) is 0. The van der Waals surface area contributed by atoms with E-state index in [0.717, 1.165) is 40.7 Å². The van der Waals surface area contributed by atoms with Gasteiger partial charge in [-0.2, -0.15) is 0 Å². The van der Waals surface area contributed by atoms with Crippen LogP contribution in [0.3, 0.4) is 0 Å². The van der Waals surface area contributed by atoms with Crippen LogP contribution in [0, 0.1) is 6.92 Å². The van der Waals surface area contributed by atoms with Crippen LogP contribution in [0.2, 0.25) is 0 Å². The van der Waals surface area contributed by atoms with Crippen LogP contribution in [0.1, 0.15) is 69.8 Å². The van der Waals surface area contributed by atoms with Crippen molar-refractivity contribution in [2.75, 3.05) is 6.61 Å². The van der Waals surface area contributed by atoms with Crippen LogP contribution in [-0.2, 0) is 49.3 Å². The lowest BCUT2D eigenvalue weighted by atomic mass is 9.96. The number of aromatic amines is 1. The summed E-state index contributed by atoms with van der Waals surface area (Å²) in [5.74, 6) is -2.55. The summed E-state index contributed by atoms with van der Waals surface area (Å²) in [5.41, 5.74) is 3.66. The molecule has 0 saturated carbocycles. The highest BCUT2D eigenvalue weighted by Gasteiger charge is 2.53. The monoisotopic (exact) mass is 638 g/mol. The van der Waals surface area contributed by atoms with E-state index in [0.29, 0.717) is 6.42 Å². The number of hydrogen-bond donors (Lipinski definition) is 1. The highest BCUT2D eigenvalue weighted by Crippen LogP contribution is 2.34. The van der Waals surface area contributed by atoms with Crippen molar-refractivity contribution in [1.82, 2.24) is 10.2 Å². The Morgan fingerprint density at radius 3 is 2.12 bits per heavy atom. The van der Waals surface area contributed by atoms with Crippen molar-refractivity contribution >= 4 is 39.8 Å². The van der Waals surface area contributed by atoms with Gasteiger partial charge in [-0.05, 0) is 36.1 Å². The van der Waals surface area contributed by atoms with Gasteiger partial charge in [0.25, 0.3) is 0 Å². The van der Waals surface area contributed by atoms with Gasteiger partial charge in [0.1, 0.15) is 12.7 Å². The Hall–Kier alpha value is -3.45. The second kappa shape index (κ2) is 13.9. The van der Waals surface area contributed by atoms with Gasteiger partial charge in [0.15, 0.2) is 12.2 Å². The van der Waals surface area contributed by atoms with Gasteiger partial charge in [0.05, 0.1) is 0 Å². The second-order valence-electron chi connectivity index (χ2n) is 10.0. The van der Waals surface area contributed by atoms with Crippen LogP contribution in [0.5, 0.6) is 5.88 Å². The molecular weight excluding hydrogens is 604 g/mol. The standard InChI is InChI=1S/C28H35BrN2O10/c1-13(2)23-21(11-19-8-9-20(29)10-14(19)3)27(31-30-23)41-28-26(39-18(7)35)25(38-17(6)34)24(37-16(5)33)22(40-28)12-36-15(4)32/h8-10,13,22,24-26,28H,11-12H2,1-7H3,(H,30,31)/t22-,24-,25+,26-,28+/m1/s1. The molecule has 224 valence electrons. The fraction of sp³-hybridized carbons (Fsp3) is 0.536. The van der Waals surface area contributed by atoms with Crippen molar-refractivity contribution in [3.05, 3.63) is 45.1 Å². The van der Waals surface area contributed by atoms with E-state index in [-0.39, 0.29) is 18.4 Å². The molecule has 0 aliphatic carbocycles. The lowest BCUT2D eigenvalue weighted by Gasteiger charge is -2.43. The van der Waals surface area contributed by atoms with Crippen molar-refractivity contribution < 1.29 is 47.6 Å². The quantitative estimate of drug-likeness (QED) is 0.300. The summed E-state index contributed by atoms with van der Waals surface area (Å²) in [4.78, 5) is 47.9. The number of rotatable bonds is 10. The Morgan fingerprint density at radius 1 is 0.951 bits per heavy atom. The molecule has 0 radical (unpaired) electrons. The van der Waals surface area contributed by atoms with E-state index in [4.69, 9.17) is 28.4 Å². The number of carbonyl (C=O) groups is 4. The van der Waals surface area contributed by atoms with Gasteiger partial charge in [0.2, 0.25) is 18.3 Å². The van der Waals surface area contributed by atoms with Crippen LogP contribution in [0.15, 0.2) is 22.7 Å². The van der Waals surface area contributed by atoms with E-state index in [9.17, 15) is 19.2 Å². The van der Waals surface area contributed by atoms with Gasteiger partial charge >= 0.3 is 23.9 Å². The average molecular weight is 639 g/mol. The molecule has 12 nitrogen and oxygen atoms in total. The number of halogens is 1. The molecule has 0 spiro atoms. The first kappa shape index (κ1) is 32.1. The summed E-state index contributed by atoms with van der Waals surface area (Å²) in [6.07, 6.45) is -6.05. The molecule has 2 heterocycles. The zero-order valence-corrected chi connectivity index (χ0v) is 25.6. The van der Waals surface area contributed by atoms with Gasteiger partial charge in [-0.15, -0.1) is 5.10 Å². The smallest absolute Gasteiger partial charge is 0.303 e. The maximum Gasteiger partial charge on any atom is 0.303 e. The highest BCUT2D eigenvalue weighted by atomic mass is 79.9. The van der Waals surface area contributed by atoms with Crippen LogP contribution < -0.4 is 4.74 Å². The third-order valence-corrected chi connectivity index (χ3v) is 6.78. The SMILES string of the molecule is CC(=O)OC[C@H]1O[C@@H](Oc2n[nH]c(C(C)C)c2Cc2ccc(Br)cc2C)[C@H](OC(C)=O)[C@@H](OC(C)=O)[C@@H]1OC(C)=O. The molecule has 1 aliphatic heterocycles. The maximum absolute atomic E-state index is 12.2. The van der Waals surface area contributed by atoms with E-state index < -0.39 is 54.6 Å². The van der Waals surface area contributed by atoms with Crippen molar-refractivity contribution in [2.45, 2.75) is 91.5 Å². The Bertz CT molecular complexity index is 1280. The van der Waals surface area contributed by atoms with Gasteiger partial charge in [-0.25, -0.2) is 0 Å². The number of carbonyl (C=O) groups excluding carboxylic acids is 4. The predicted molar refractivity (Wildman–Crippen MR) is 147 cm³/mol. The lowest BCUT2D eigenvalue weighted by Crippen LogP contribution is -2.63. The zero-order valence-electron chi connectivity index (χ0n) is 24.0. The van der Waals surface area contributed by atoms with Gasteiger partial charge in [0, 0.05) is 49.8 Å². The average Bonchev–Trinajstić information content (AvgIpc) is 3.24. The van der Waals surface area contributed by atoms with Gasteiger partial charge < -0.3 is 28.4 Å². The zero-order chi connectivity index (χ0) is 30.4. The third-order valence-electron chi connectivity index (χ3n) is 6.29. The van der Waals surface area contributed by atoms with Crippen LogP contribution in [-0.4, -0.2) is 71.4 Å². The minimum Gasteiger partial charge on any atom is -0.463 e. The molecular formula is C28H35BrN2O10. The number of aromatic nitrogens is 2. The first-order valence-electron chi connectivity index (χ1n) is 13.1. The molecule has 0 unspecified atom stereocenters. The summed E-state index contributed by atoms with van der Waals surface area (Å²) in [5, 5.41) is 7.41. The van der Waals surface area contributed by atoms with Crippen LogP contribution in [0.4, 0.5) is 0 Å². The number of H-pyrrole nitrogens is 1. The minimum absolute atomic E-state index is 0.0565. The fourth-order valence-corrected chi connectivity index (χ4v) is 5.02. The minimum atomic E-state index is -1.39. The fourth-order valence-electron chi connectivity index (χ4n) is 4.55. The first-order chi connectivity index (χ1) is 19.3. The molecule has 1 aromatic heterocycles. The molecule has 0 bridgehead atoms. The number of nitrogens with one attached hydrogen (secondary N) is 1. The summed E-state index contributed by atoms with van der Waals surface area (Å²) < 4.78 is 34.8. The summed E-state index contributed by atoms with van der Waals surface area (Å²) >= 11 is 3.49. The normalized spacial score (nSPS) is 22.1. The molecule has 0 amide bonds. The third kappa shape index (κ3) is 8.52. The molecule has 1 saturated heterocycles. The number of ether oxygens (including phenoxy) is 6. The number of hydrogen-bond acceptors (Lipinski definition) is 11. The van der Waals surface area contributed by atoms with Gasteiger partial charge in [-0.3, -0.25) is 24.3 Å². The van der Waals surface area contributed by atoms with Crippen molar-refractivity contribution in [3.63, 3.8) is 0 Å². The Kier molecular flexibility index (Phi) is 10.9. The molecule has 1 fully saturated rings. The Morgan fingerprint density at radius 2 is 1.56 bits per heavy atom. The largest absolute Gasteiger partial charge is 0.463 e. The van der Waals surface area contributed by atoms with E-state index in [2.05, 4.69) is 26.1 Å². The first-order valence-corrected chi connectivity index (χ1v) is 13.8. The Labute approximate surface area is 246 Å². The molecule has 2 aromatic rings. The van der Waals surface area contributed by atoms with Gasteiger partial charge in [-0.1, -0.05) is 35.8 Å². The molecule has 1 aliphatic rings. The molecule has 13 heteroatoms. The van der Waals surface area contributed by atoms with Crippen LogP contribution in [0.25, 0.3) is 0 Å². The molecule has 1 aromatic carbocycles. The highest BCUT2D eigenvalue weighted by molar-refractivity contribution is 9.10. The lowest BCUT2D eigenvalue weighted by molar-refractivity contribution is -0.289. The van der Waals surface area contributed by atoms with E-state index in [1.54, 1.807) is 0 Å². The van der Waals surface area contributed by atoms with Crippen LogP contribution >= 0.6 is 15.9 Å². The second-order valence-corrected chi connectivity index (χ2v) is 10.9. The Balaban J connectivity index is 2.06. The van der Waals surface area contributed by atoms with E-state index >= 15 is 0 Å². The molecule has 5 atom stereocenters. The van der Waals surface area contributed by atoms with Crippen molar-refractivity contribution in [2.24, 2.45) is 0 Å². The number of esters is 4. The molecule has 41 heavy (non-hydrogen) atoms. The predicted octanol–water partition coefficient (Wildman–Crippen LogP) is 3.66. The van der Waals surface area contributed by atoms with Crippen molar-refractivity contribution in [3.8, 4) is 5.88 Å². The van der Waals surface area contributed by atoms with E-state index in [1.165, 1.54) is 13.8 Å². The summed E-state index contributed by atoms with van der Waals surface area (Å²) in [6.45, 7) is 10.3.